The maximum absolute atomic E-state index is 12.0. The van der Waals surface area contributed by atoms with Crippen molar-refractivity contribution in [2.24, 2.45) is 5.73 Å². The molecule has 0 fully saturated rings. The number of rotatable bonds is 7. The van der Waals surface area contributed by atoms with Gasteiger partial charge in [0.15, 0.2) is 11.5 Å². The van der Waals surface area contributed by atoms with E-state index < -0.39 is 11.9 Å². The highest BCUT2D eigenvalue weighted by molar-refractivity contribution is 6.01. The topological polar surface area (TPSA) is 128 Å². The Balaban J connectivity index is 1.92. The molecule has 0 aliphatic heterocycles. The summed E-state index contributed by atoms with van der Waals surface area (Å²) >= 11 is 0. The van der Waals surface area contributed by atoms with Gasteiger partial charge in [-0.25, -0.2) is 4.98 Å². The van der Waals surface area contributed by atoms with Crippen LogP contribution in [0.1, 0.15) is 32.8 Å². The highest BCUT2D eigenvalue weighted by atomic mass is 16.5. The monoisotopic (exact) mass is 319 g/mol. The first kappa shape index (κ1) is 16.7. The summed E-state index contributed by atoms with van der Waals surface area (Å²) in [6, 6.07) is 5.76. The lowest BCUT2D eigenvalue weighted by atomic mass is 10.1. The predicted octanol–water partition coefficient (Wildman–Crippen LogP) is 0.288. The smallest absolute Gasteiger partial charge is 0.273 e. The van der Waals surface area contributed by atoms with Crippen molar-refractivity contribution in [1.82, 2.24) is 10.3 Å². The average molecular weight is 319 g/mol. The normalized spacial score (nSPS) is 11.8. The van der Waals surface area contributed by atoms with Gasteiger partial charge in [-0.15, -0.1) is 0 Å². The molecule has 1 unspecified atom stereocenters. The van der Waals surface area contributed by atoms with Crippen molar-refractivity contribution >= 4 is 11.7 Å². The summed E-state index contributed by atoms with van der Waals surface area (Å²) in [5.74, 6) is -0.121. The van der Waals surface area contributed by atoms with Crippen molar-refractivity contribution in [2.75, 3.05) is 20.3 Å². The number of nitrogens with two attached hydrogens (primary N) is 1. The van der Waals surface area contributed by atoms with Gasteiger partial charge < -0.3 is 25.3 Å². The van der Waals surface area contributed by atoms with Crippen LogP contribution in [0.2, 0.25) is 0 Å². The van der Waals surface area contributed by atoms with Gasteiger partial charge in [0.25, 0.3) is 5.91 Å². The fraction of sp³-hybridized carbons (Fsp3) is 0.267. The van der Waals surface area contributed by atoms with Crippen LogP contribution in [0.3, 0.4) is 0 Å². The highest BCUT2D eigenvalue weighted by Gasteiger charge is 2.17. The fourth-order valence-corrected chi connectivity index (χ4v) is 1.77. The first-order valence-corrected chi connectivity index (χ1v) is 6.82. The van der Waals surface area contributed by atoms with E-state index in [4.69, 9.17) is 20.0 Å². The van der Waals surface area contributed by atoms with E-state index in [9.17, 15) is 9.59 Å². The number of aliphatic hydroxyl groups is 1. The molecular weight excluding hydrogens is 302 g/mol. The number of ether oxygens (including phenoxy) is 1. The zero-order chi connectivity index (χ0) is 16.8. The summed E-state index contributed by atoms with van der Waals surface area (Å²) in [6.07, 6.45) is 1.12. The summed E-state index contributed by atoms with van der Waals surface area (Å²) < 4.78 is 10.0. The minimum absolute atomic E-state index is 0.00793. The minimum Gasteiger partial charge on any atom is -0.497 e. The Hall–Kier alpha value is -2.71. The molecule has 1 heterocycles. The number of aliphatic hydroxyl groups excluding tert-OH is 1. The van der Waals surface area contributed by atoms with E-state index in [-0.39, 0.29) is 30.5 Å². The summed E-state index contributed by atoms with van der Waals surface area (Å²) in [7, 11) is 1.53. The number of nitrogens with one attached hydrogen (secondary N) is 1. The van der Waals surface area contributed by atoms with Crippen molar-refractivity contribution in [3.05, 3.63) is 47.7 Å². The molecule has 4 N–H and O–H groups in total. The Morgan fingerprint density at radius 3 is 2.70 bits per heavy atom. The Labute approximate surface area is 132 Å². The molecule has 1 atom stereocenters. The van der Waals surface area contributed by atoms with Gasteiger partial charge in [0.1, 0.15) is 18.1 Å². The maximum atomic E-state index is 12.0. The van der Waals surface area contributed by atoms with Crippen LogP contribution < -0.4 is 15.8 Å². The molecule has 1 aromatic carbocycles. The molecule has 0 bridgehead atoms. The summed E-state index contributed by atoms with van der Waals surface area (Å²) in [4.78, 5) is 27.7. The van der Waals surface area contributed by atoms with Crippen molar-refractivity contribution in [3.8, 4) is 5.75 Å². The Morgan fingerprint density at radius 1 is 1.39 bits per heavy atom. The van der Waals surface area contributed by atoms with Crippen molar-refractivity contribution in [3.63, 3.8) is 0 Å². The molecule has 23 heavy (non-hydrogen) atoms. The SMILES string of the molecule is COc1ccc(C(=O)CNC(=O)c2coc(C(N)CO)n2)cc1. The van der Waals surface area contributed by atoms with Crippen LogP contribution in [0, 0.1) is 0 Å². The van der Waals surface area contributed by atoms with Gasteiger partial charge in [0, 0.05) is 5.56 Å². The van der Waals surface area contributed by atoms with Crippen molar-refractivity contribution < 1.29 is 23.8 Å². The van der Waals surface area contributed by atoms with Crippen LogP contribution in [-0.2, 0) is 0 Å². The number of hydrogen-bond donors (Lipinski definition) is 3. The van der Waals surface area contributed by atoms with Gasteiger partial charge in [-0.05, 0) is 24.3 Å². The number of methoxy groups -OCH3 is 1. The maximum Gasteiger partial charge on any atom is 0.273 e. The molecule has 8 heteroatoms. The van der Waals surface area contributed by atoms with Crippen molar-refractivity contribution in [2.45, 2.75) is 6.04 Å². The number of oxazole rings is 1. The molecule has 8 nitrogen and oxygen atoms in total. The quantitative estimate of drug-likeness (QED) is 0.626. The second-order valence-corrected chi connectivity index (χ2v) is 4.69. The van der Waals surface area contributed by atoms with Crippen LogP contribution in [0.25, 0.3) is 0 Å². The van der Waals surface area contributed by atoms with E-state index in [2.05, 4.69) is 10.3 Å². The van der Waals surface area contributed by atoms with Gasteiger partial charge >= 0.3 is 0 Å². The number of amides is 1. The van der Waals surface area contributed by atoms with Gasteiger partial charge in [0.2, 0.25) is 5.89 Å². The highest BCUT2D eigenvalue weighted by Crippen LogP contribution is 2.12. The number of benzene rings is 1. The van der Waals surface area contributed by atoms with E-state index >= 15 is 0 Å². The summed E-state index contributed by atoms with van der Waals surface area (Å²) in [5.41, 5.74) is 5.97. The molecule has 0 radical (unpaired) electrons. The standard InChI is InChI=1S/C15H17N3O5/c1-22-10-4-2-9(3-5-10)13(20)6-17-14(21)12-8-23-15(18-12)11(16)7-19/h2-5,8,11,19H,6-7,16H2,1H3,(H,17,21). The predicted molar refractivity (Wildman–Crippen MR) is 80.2 cm³/mol. The van der Waals surface area contributed by atoms with E-state index in [1.165, 1.54) is 7.11 Å². The van der Waals surface area contributed by atoms with Crippen LogP contribution in [-0.4, -0.2) is 42.0 Å². The third kappa shape index (κ3) is 4.15. The van der Waals surface area contributed by atoms with Gasteiger partial charge in [0.05, 0.1) is 20.3 Å². The zero-order valence-corrected chi connectivity index (χ0v) is 12.5. The molecule has 2 aromatic rings. The Morgan fingerprint density at radius 2 is 2.09 bits per heavy atom. The number of carbonyl (C=O) groups is 2. The number of nitrogens with zero attached hydrogens (tertiary/aromatic N) is 1. The lowest BCUT2D eigenvalue weighted by Gasteiger charge is -2.04. The minimum atomic E-state index is -0.794. The van der Waals surface area contributed by atoms with E-state index in [1.807, 2.05) is 0 Å². The summed E-state index contributed by atoms with van der Waals surface area (Å²) in [5, 5.41) is 11.3. The molecule has 0 saturated carbocycles. The number of ketones is 1. The number of Topliss-reactive ketones (excluding diaryl/α,β-unsaturated/α-hetero) is 1. The van der Waals surface area contributed by atoms with Gasteiger partial charge in [-0.1, -0.05) is 0 Å². The van der Waals surface area contributed by atoms with Crippen molar-refractivity contribution in [1.29, 1.82) is 0 Å². The molecule has 0 spiro atoms. The zero-order valence-electron chi connectivity index (χ0n) is 12.5. The molecule has 0 saturated heterocycles. The number of hydrogen-bond acceptors (Lipinski definition) is 7. The third-order valence-corrected chi connectivity index (χ3v) is 3.09. The van der Waals surface area contributed by atoms with Gasteiger partial charge in [-0.3, -0.25) is 9.59 Å². The van der Waals surface area contributed by atoms with E-state index in [1.54, 1.807) is 24.3 Å². The Kier molecular flexibility index (Phi) is 5.45. The molecule has 122 valence electrons. The lowest BCUT2D eigenvalue weighted by molar-refractivity contribution is 0.0900. The van der Waals surface area contributed by atoms with Crippen LogP contribution in [0.15, 0.2) is 34.9 Å². The number of carbonyl (C=O) groups excluding carboxylic acids is 2. The summed E-state index contributed by atoms with van der Waals surface area (Å²) in [6.45, 7) is -0.531. The van der Waals surface area contributed by atoms with Crippen LogP contribution >= 0.6 is 0 Å². The molecule has 0 aliphatic carbocycles. The molecule has 2 rings (SSSR count). The molecule has 0 aliphatic rings. The fourth-order valence-electron chi connectivity index (χ4n) is 1.77. The van der Waals surface area contributed by atoms with E-state index in [0.29, 0.717) is 11.3 Å². The molecule has 1 amide bonds. The second kappa shape index (κ2) is 7.52. The van der Waals surface area contributed by atoms with Crippen LogP contribution in [0.5, 0.6) is 5.75 Å². The average Bonchev–Trinajstić information content (AvgIpc) is 3.09. The van der Waals surface area contributed by atoms with Gasteiger partial charge in [-0.2, -0.15) is 0 Å². The first-order chi connectivity index (χ1) is 11.0. The molecule has 1 aromatic heterocycles. The second-order valence-electron chi connectivity index (χ2n) is 4.69. The number of aromatic nitrogens is 1. The largest absolute Gasteiger partial charge is 0.497 e. The van der Waals surface area contributed by atoms with Crippen LogP contribution in [0.4, 0.5) is 0 Å². The lowest BCUT2D eigenvalue weighted by Crippen LogP contribution is -2.30. The third-order valence-electron chi connectivity index (χ3n) is 3.09. The first-order valence-electron chi connectivity index (χ1n) is 6.82. The van der Waals surface area contributed by atoms with E-state index in [0.717, 1.165) is 6.26 Å². The molecular formula is C15H17N3O5. The Bertz CT molecular complexity index is 681.